The summed E-state index contributed by atoms with van der Waals surface area (Å²) < 4.78 is 7.08. The Morgan fingerprint density at radius 3 is 2.74 bits per heavy atom. The highest BCUT2D eigenvalue weighted by Gasteiger charge is 2.32. The first-order valence-corrected chi connectivity index (χ1v) is 7.33. The summed E-state index contributed by atoms with van der Waals surface area (Å²) in [6, 6.07) is 6.99. The fourth-order valence-electron chi connectivity index (χ4n) is 2.68. The van der Waals surface area contributed by atoms with Crippen molar-refractivity contribution in [1.29, 1.82) is 0 Å². The van der Waals surface area contributed by atoms with E-state index in [2.05, 4.69) is 5.32 Å². The fourth-order valence-corrected chi connectivity index (χ4v) is 2.68. The number of rotatable bonds is 3. The van der Waals surface area contributed by atoms with Crippen molar-refractivity contribution < 1.29 is 19.1 Å². The van der Waals surface area contributed by atoms with Crippen molar-refractivity contribution >= 4 is 28.8 Å². The summed E-state index contributed by atoms with van der Waals surface area (Å²) in [5.41, 5.74) is 1.30. The number of imide groups is 1. The number of benzene rings is 1. The van der Waals surface area contributed by atoms with E-state index in [1.807, 2.05) is 35.9 Å². The van der Waals surface area contributed by atoms with Gasteiger partial charge in [0.1, 0.15) is 0 Å². The lowest BCUT2D eigenvalue weighted by molar-refractivity contribution is -0.136. The molecule has 1 aliphatic heterocycles. The molecule has 1 fully saturated rings. The van der Waals surface area contributed by atoms with Crippen LogP contribution in [0, 0.1) is 0 Å². The second-order valence-corrected chi connectivity index (χ2v) is 5.44. The van der Waals surface area contributed by atoms with E-state index in [0.29, 0.717) is 12.1 Å². The number of hydrogen-bond acceptors (Lipinski definition) is 4. The molecule has 0 bridgehead atoms. The van der Waals surface area contributed by atoms with Crippen LogP contribution in [0.2, 0.25) is 0 Å². The van der Waals surface area contributed by atoms with Crippen LogP contribution in [0.3, 0.4) is 0 Å². The third-order valence-corrected chi connectivity index (χ3v) is 3.87. The number of urea groups is 1. The Balaban J connectivity index is 1.78. The van der Waals surface area contributed by atoms with Gasteiger partial charge in [-0.1, -0.05) is 18.2 Å². The number of nitrogens with one attached hydrogen (secondary N) is 1. The Kier molecular flexibility index (Phi) is 3.77. The first-order valence-electron chi connectivity index (χ1n) is 7.33. The zero-order valence-corrected chi connectivity index (χ0v) is 12.9. The molecular weight excluding hydrogens is 298 g/mol. The molecular formula is C16H17N3O4. The van der Waals surface area contributed by atoms with Crippen LogP contribution in [0.25, 0.3) is 10.9 Å². The smallest absolute Gasteiger partial charge is 0.341 e. The molecule has 1 atom stereocenters. The van der Waals surface area contributed by atoms with Crippen LogP contribution in [-0.4, -0.2) is 46.6 Å². The molecule has 0 aliphatic carbocycles. The minimum absolute atomic E-state index is 0.286. The van der Waals surface area contributed by atoms with E-state index in [4.69, 9.17) is 4.74 Å². The van der Waals surface area contributed by atoms with Gasteiger partial charge in [0.25, 0.3) is 5.91 Å². The summed E-state index contributed by atoms with van der Waals surface area (Å²) >= 11 is 0. The zero-order chi connectivity index (χ0) is 16.6. The number of carbonyl (C=O) groups is 3. The van der Waals surface area contributed by atoms with Crippen molar-refractivity contribution in [2.45, 2.75) is 13.0 Å². The van der Waals surface area contributed by atoms with Gasteiger partial charge in [0.2, 0.25) is 0 Å². The van der Waals surface area contributed by atoms with Gasteiger partial charge in [-0.05, 0) is 13.0 Å². The van der Waals surface area contributed by atoms with Gasteiger partial charge in [0, 0.05) is 37.2 Å². The number of aromatic nitrogens is 1. The third-order valence-electron chi connectivity index (χ3n) is 3.87. The van der Waals surface area contributed by atoms with Crippen molar-refractivity contribution in [2.75, 3.05) is 13.1 Å². The minimum atomic E-state index is -1.02. The van der Waals surface area contributed by atoms with Gasteiger partial charge in [-0.25, -0.2) is 9.59 Å². The number of nitrogens with zero attached hydrogens (tertiary/aromatic N) is 2. The maximum atomic E-state index is 12.4. The van der Waals surface area contributed by atoms with Crippen LogP contribution >= 0.6 is 0 Å². The highest BCUT2D eigenvalue weighted by Crippen LogP contribution is 2.21. The fraction of sp³-hybridized carbons (Fsp3) is 0.312. The molecule has 1 N–H and O–H groups in total. The summed E-state index contributed by atoms with van der Waals surface area (Å²) in [4.78, 5) is 37.1. The van der Waals surface area contributed by atoms with E-state index in [0.717, 1.165) is 15.8 Å². The van der Waals surface area contributed by atoms with Crippen molar-refractivity contribution in [2.24, 2.45) is 7.05 Å². The monoisotopic (exact) mass is 315 g/mol. The molecule has 3 amide bonds. The summed E-state index contributed by atoms with van der Waals surface area (Å²) in [6.45, 7) is 2.17. The lowest BCUT2D eigenvalue weighted by Crippen LogP contribution is -2.41. The molecule has 1 saturated heterocycles. The highest BCUT2D eigenvalue weighted by atomic mass is 16.5. The van der Waals surface area contributed by atoms with Crippen LogP contribution < -0.4 is 5.32 Å². The Morgan fingerprint density at radius 2 is 2.04 bits per heavy atom. The SMILES string of the molecule is CC(OC(=O)c1cn(C)c2ccccc12)C(=O)N1CCNC1=O. The molecule has 2 heterocycles. The Morgan fingerprint density at radius 1 is 1.30 bits per heavy atom. The molecule has 120 valence electrons. The number of aryl methyl sites for hydroxylation is 1. The molecule has 2 aromatic rings. The number of fused-ring (bicyclic) bond motifs is 1. The molecule has 1 aliphatic rings. The molecule has 0 spiro atoms. The van der Waals surface area contributed by atoms with Gasteiger partial charge in [-0.15, -0.1) is 0 Å². The minimum Gasteiger partial charge on any atom is -0.449 e. The Labute approximate surface area is 132 Å². The summed E-state index contributed by atoms with van der Waals surface area (Å²) in [5, 5.41) is 3.30. The average Bonchev–Trinajstić information content (AvgIpc) is 3.11. The molecule has 3 rings (SSSR count). The summed E-state index contributed by atoms with van der Waals surface area (Å²) in [7, 11) is 1.84. The van der Waals surface area contributed by atoms with E-state index in [1.54, 1.807) is 6.20 Å². The molecule has 1 aromatic carbocycles. The maximum absolute atomic E-state index is 12.4. The topological polar surface area (TPSA) is 80.6 Å². The molecule has 0 radical (unpaired) electrons. The lowest BCUT2D eigenvalue weighted by atomic mass is 10.2. The molecule has 23 heavy (non-hydrogen) atoms. The summed E-state index contributed by atoms with van der Waals surface area (Å²) in [6.07, 6.45) is 0.651. The van der Waals surface area contributed by atoms with Crippen LogP contribution in [-0.2, 0) is 16.6 Å². The van der Waals surface area contributed by atoms with Gasteiger partial charge in [-0.2, -0.15) is 0 Å². The molecule has 0 saturated carbocycles. The van der Waals surface area contributed by atoms with Gasteiger partial charge in [0.15, 0.2) is 6.10 Å². The first kappa shape index (κ1) is 15.1. The second kappa shape index (κ2) is 5.75. The molecule has 1 unspecified atom stereocenters. The number of para-hydroxylation sites is 1. The van der Waals surface area contributed by atoms with Crippen LogP contribution in [0.1, 0.15) is 17.3 Å². The van der Waals surface area contributed by atoms with Gasteiger partial charge >= 0.3 is 12.0 Å². The van der Waals surface area contributed by atoms with Crippen molar-refractivity contribution in [1.82, 2.24) is 14.8 Å². The number of ether oxygens (including phenoxy) is 1. The van der Waals surface area contributed by atoms with Crippen molar-refractivity contribution in [3.8, 4) is 0 Å². The van der Waals surface area contributed by atoms with Gasteiger partial charge < -0.3 is 14.6 Å². The van der Waals surface area contributed by atoms with Crippen molar-refractivity contribution in [3.63, 3.8) is 0 Å². The van der Waals surface area contributed by atoms with Crippen LogP contribution in [0.5, 0.6) is 0 Å². The molecule has 7 nitrogen and oxygen atoms in total. The number of hydrogen-bond donors (Lipinski definition) is 1. The first-order chi connectivity index (χ1) is 11.0. The van der Waals surface area contributed by atoms with E-state index >= 15 is 0 Å². The van der Waals surface area contributed by atoms with Gasteiger partial charge in [-0.3, -0.25) is 9.69 Å². The largest absolute Gasteiger partial charge is 0.449 e. The van der Waals surface area contributed by atoms with Gasteiger partial charge in [0.05, 0.1) is 5.56 Å². The zero-order valence-electron chi connectivity index (χ0n) is 12.9. The summed E-state index contributed by atoms with van der Waals surface area (Å²) in [5.74, 6) is -1.10. The lowest BCUT2D eigenvalue weighted by Gasteiger charge is -2.17. The Bertz CT molecular complexity index is 796. The van der Waals surface area contributed by atoms with E-state index in [1.165, 1.54) is 6.92 Å². The Hall–Kier alpha value is -2.83. The van der Waals surface area contributed by atoms with Crippen LogP contribution in [0.15, 0.2) is 30.5 Å². The predicted molar refractivity (Wildman–Crippen MR) is 82.9 cm³/mol. The normalized spacial score (nSPS) is 15.6. The highest BCUT2D eigenvalue weighted by molar-refractivity contribution is 6.05. The van der Waals surface area contributed by atoms with E-state index in [-0.39, 0.29) is 6.54 Å². The average molecular weight is 315 g/mol. The van der Waals surface area contributed by atoms with E-state index in [9.17, 15) is 14.4 Å². The second-order valence-electron chi connectivity index (χ2n) is 5.44. The van der Waals surface area contributed by atoms with Crippen molar-refractivity contribution in [3.05, 3.63) is 36.0 Å². The molecule has 7 heteroatoms. The standard InChI is InChI=1S/C16H17N3O4/c1-10(14(20)19-8-7-17-16(19)22)23-15(21)12-9-18(2)13-6-4-3-5-11(12)13/h3-6,9-10H,7-8H2,1-2H3,(H,17,22). The maximum Gasteiger partial charge on any atom is 0.341 e. The quantitative estimate of drug-likeness (QED) is 0.865. The molecule has 1 aromatic heterocycles. The predicted octanol–water partition coefficient (Wildman–Crippen LogP) is 1.28. The number of esters is 1. The third kappa shape index (κ3) is 2.65. The van der Waals surface area contributed by atoms with E-state index < -0.39 is 24.0 Å². The number of amides is 3. The number of carbonyl (C=O) groups excluding carboxylic acids is 3. The van der Waals surface area contributed by atoms with Crippen LogP contribution in [0.4, 0.5) is 4.79 Å².